The Kier molecular flexibility index (Phi) is 16.8. The van der Waals surface area contributed by atoms with Crippen molar-refractivity contribution in [2.24, 2.45) is 5.92 Å². The van der Waals surface area contributed by atoms with E-state index in [0.29, 0.717) is 12.6 Å². The number of hydrogen-bond acceptors (Lipinski definition) is 4. The van der Waals surface area contributed by atoms with Gasteiger partial charge in [-0.1, -0.05) is 77.3 Å². The van der Waals surface area contributed by atoms with Crippen molar-refractivity contribution in [3.05, 3.63) is 41.7 Å². The van der Waals surface area contributed by atoms with Gasteiger partial charge in [-0.3, -0.25) is 4.68 Å². The maximum Gasteiger partial charge on any atom is 0.119 e. The van der Waals surface area contributed by atoms with Crippen molar-refractivity contribution in [1.82, 2.24) is 20.3 Å². The summed E-state index contributed by atoms with van der Waals surface area (Å²) in [5, 5.41) is 11.5. The lowest BCUT2D eigenvalue weighted by molar-refractivity contribution is 0.298. The second-order valence-corrected chi connectivity index (χ2v) is 8.07. The number of nitrogens with zero attached hydrogens (tertiary/aromatic N) is 3. The number of aromatic nitrogens is 3. The van der Waals surface area contributed by atoms with Gasteiger partial charge >= 0.3 is 0 Å². The van der Waals surface area contributed by atoms with E-state index in [1.807, 2.05) is 37.7 Å². The molecule has 5 heteroatoms. The van der Waals surface area contributed by atoms with Crippen LogP contribution >= 0.6 is 0 Å². The Balaban J connectivity index is 0.00000105. The molecule has 0 atom stereocenters. The molecule has 30 heavy (non-hydrogen) atoms. The van der Waals surface area contributed by atoms with Crippen LogP contribution in [0.3, 0.4) is 0 Å². The van der Waals surface area contributed by atoms with E-state index >= 15 is 0 Å². The molecule has 0 aliphatic rings. The van der Waals surface area contributed by atoms with E-state index in [1.54, 1.807) is 0 Å². The zero-order valence-electron chi connectivity index (χ0n) is 20.7. The number of aryl methyl sites for hydroxylation is 3. The molecule has 0 bridgehead atoms. The molecule has 2 rings (SSSR count). The Bertz CT molecular complexity index is 620. The number of rotatable bonds is 11. The molecule has 0 radical (unpaired) electrons. The average Bonchev–Trinajstić information content (AvgIpc) is 3.19. The molecule has 1 aromatic carbocycles. The molecule has 0 fully saturated rings. The van der Waals surface area contributed by atoms with Gasteiger partial charge in [-0.15, -0.1) is 5.10 Å². The van der Waals surface area contributed by atoms with Gasteiger partial charge < -0.3 is 10.1 Å². The first-order valence-electron chi connectivity index (χ1n) is 11.7. The summed E-state index contributed by atoms with van der Waals surface area (Å²) in [4.78, 5) is 0. The summed E-state index contributed by atoms with van der Waals surface area (Å²) in [7, 11) is 1.95. The second kappa shape index (κ2) is 17.9. The number of unbranched alkanes of at least 4 members (excludes halogenated alkanes) is 1. The van der Waals surface area contributed by atoms with Crippen LogP contribution in [0.2, 0.25) is 0 Å². The summed E-state index contributed by atoms with van der Waals surface area (Å²) in [5.74, 6) is 1.72. The number of hydrogen-bond donors (Lipinski definition) is 1. The normalized spacial score (nSPS) is 10.3. The summed E-state index contributed by atoms with van der Waals surface area (Å²) >= 11 is 0. The van der Waals surface area contributed by atoms with Crippen LogP contribution in [-0.4, -0.2) is 34.7 Å². The molecule has 1 heterocycles. The Hall–Kier alpha value is -1.88. The minimum absolute atomic E-state index is 0.634. The lowest BCUT2D eigenvalue weighted by Gasteiger charge is -2.06. The fourth-order valence-corrected chi connectivity index (χ4v) is 2.47. The molecule has 1 aromatic heterocycles. The van der Waals surface area contributed by atoms with Crippen molar-refractivity contribution in [3.63, 3.8) is 0 Å². The summed E-state index contributed by atoms with van der Waals surface area (Å²) in [6.45, 7) is 16.4. The summed E-state index contributed by atoms with van der Waals surface area (Å²) in [5.41, 5.74) is 2.36. The third kappa shape index (κ3) is 15.0. The van der Waals surface area contributed by atoms with Crippen molar-refractivity contribution in [2.75, 3.05) is 13.7 Å². The highest BCUT2D eigenvalue weighted by Crippen LogP contribution is 2.12. The van der Waals surface area contributed by atoms with Crippen molar-refractivity contribution in [1.29, 1.82) is 0 Å². The Morgan fingerprint density at radius 2 is 1.63 bits per heavy atom. The van der Waals surface area contributed by atoms with Crippen LogP contribution in [0.15, 0.2) is 30.5 Å². The summed E-state index contributed by atoms with van der Waals surface area (Å²) in [6.07, 6.45) is 7.81. The first kappa shape index (κ1) is 28.1. The maximum atomic E-state index is 5.73. The molecular formula is C25H46N4O. The lowest BCUT2D eigenvalue weighted by Crippen LogP contribution is -2.15. The van der Waals surface area contributed by atoms with Crippen molar-refractivity contribution >= 4 is 0 Å². The highest BCUT2D eigenvalue weighted by Gasteiger charge is 2.02. The Morgan fingerprint density at radius 3 is 2.20 bits per heavy atom. The molecule has 0 amide bonds. The molecule has 0 spiro atoms. The molecule has 0 unspecified atom stereocenters. The minimum Gasteiger partial charge on any atom is -0.494 e. The van der Waals surface area contributed by atoms with Gasteiger partial charge in [0.1, 0.15) is 5.75 Å². The fourth-order valence-electron chi connectivity index (χ4n) is 2.47. The SMILES string of the molecule is CC.CNC(C)C.Cc1ccc(OCCCn2cc(CCCCC(C)C)nn2)cc1. The van der Waals surface area contributed by atoms with E-state index in [9.17, 15) is 0 Å². The Morgan fingerprint density at radius 1 is 1.00 bits per heavy atom. The van der Waals surface area contributed by atoms with E-state index in [1.165, 1.54) is 24.8 Å². The van der Waals surface area contributed by atoms with Crippen LogP contribution in [0.4, 0.5) is 0 Å². The van der Waals surface area contributed by atoms with Crippen molar-refractivity contribution in [3.8, 4) is 5.75 Å². The van der Waals surface area contributed by atoms with Crippen LogP contribution in [0.25, 0.3) is 0 Å². The zero-order valence-corrected chi connectivity index (χ0v) is 20.7. The molecule has 0 aliphatic heterocycles. The van der Waals surface area contributed by atoms with Gasteiger partial charge in [0, 0.05) is 25.2 Å². The van der Waals surface area contributed by atoms with Crippen molar-refractivity contribution < 1.29 is 4.74 Å². The first-order valence-corrected chi connectivity index (χ1v) is 11.7. The van der Waals surface area contributed by atoms with Gasteiger partial charge in [0.25, 0.3) is 0 Å². The van der Waals surface area contributed by atoms with Gasteiger partial charge in [0.05, 0.1) is 12.3 Å². The number of nitrogens with one attached hydrogen (secondary N) is 1. The van der Waals surface area contributed by atoms with E-state index in [-0.39, 0.29) is 0 Å². The zero-order chi connectivity index (χ0) is 22.8. The molecule has 1 N–H and O–H groups in total. The molecule has 2 aromatic rings. The van der Waals surface area contributed by atoms with Crippen LogP contribution in [0.5, 0.6) is 5.75 Å². The predicted molar refractivity (Wildman–Crippen MR) is 129 cm³/mol. The van der Waals surface area contributed by atoms with Crippen LogP contribution in [0, 0.1) is 12.8 Å². The van der Waals surface area contributed by atoms with E-state index in [0.717, 1.165) is 36.7 Å². The van der Waals surface area contributed by atoms with Gasteiger partial charge in [-0.05, 0) is 44.9 Å². The third-order valence-electron chi connectivity index (χ3n) is 4.45. The summed E-state index contributed by atoms with van der Waals surface area (Å²) < 4.78 is 7.66. The van der Waals surface area contributed by atoms with E-state index in [4.69, 9.17) is 4.74 Å². The van der Waals surface area contributed by atoms with Gasteiger partial charge in [0.2, 0.25) is 0 Å². The number of ether oxygens (including phenoxy) is 1. The quantitative estimate of drug-likeness (QED) is 0.450. The standard InChI is InChI=1S/C19H29N3O.C4H11N.C2H6/c1-16(2)7-4-5-8-18-15-22(21-20-18)13-6-14-23-19-11-9-17(3)10-12-19;1-4(2)5-3;1-2/h9-12,15-16H,4-8,13-14H2,1-3H3;4-5H,1-3H3;1-2H3. The largest absolute Gasteiger partial charge is 0.494 e. The third-order valence-corrected chi connectivity index (χ3v) is 4.45. The fraction of sp³-hybridized carbons (Fsp3) is 0.680. The second-order valence-electron chi connectivity index (χ2n) is 8.07. The van der Waals surface area contributed by atoms with Gasteiger partial charge in [-0.25, -0.2) is 0 Å². The molecule has 5 nitrogen and oxygen atoms in total. The smallest absolute Gasteiger partial charge is 0.119 e. The summed E-state index contributed by atoms with van der Waals surface area (Å²) in [6, 6.07) is 8.80. The van der Waals surface area contributed by atoms with Crippen LogP contribution in [0.1, 0.15) is 78.5 Å². The van der Waals surface area contributed by atoms with Crippen LogP contribution < -0.4 is 10.1 Å². The Labute approximate surface area is 185 Å². The highest BCUT2D eigenvalue weighted by molar-refractivity contribution is 5.26. The minimum atomic E-state index is 0.634. The maximum absolute atomic E-state index is 5.73. The topological polar surface area (TPSA) is 52.0 Å². The monoisotopic (exact) mass is 418 g/mol. The molecule has 0 aliphatic carbocycles. The first-order chi connectivity index (χ1) is 14.4. The van der Waals surface area contributed by atoms with Gasteiger partial charge in [-0.2, -0.15) is 0 Å². The van der Waals surface area contributed by atoms with E-state index < -0.39 is 0 Å². The molecule has 0 saturated carbocycles. The molecular weight excluding hydrogens is 372 g/mol. The van der Waals surface area contributed by atoms with Crippen LogP contribution in [-0.2, 0) is 13.0 Å². The molecule has 0 saturated heterocycles. The van der Waals surface area contributed by atoms with E-state index in [2.05, 4.69) is 68.6 Å². The van der Waals surface area contributed by atoms with Gasteiger partial charge in [0.15, 0.2) is 0 Å². The number of benzene rings is 1. The van der Waals surface area contributed by atoms with Crippen molar-refractivity contribution in [2.45, 2.75) is 93.2 Å². The highest BCUT2D eigenvalue weighted by atomic mass is 16.5. The average molecular weight is 419 g/mol. The lowest BCUT2D eigenvalue weighted by atomic mass is 10.0. The molecule has 172 valence electrons. The predicted octanol–water partition coefficient (Wildman–Crippen LogP) is 6.06.